The molecule has 100 valence electrons. The van der Waals surface area contributed by atoms with Gasteiger partial charge in [-0.1, -0.05) is 29.3 Å². The fourth-order valence-corrected chi connectivity index (χ4v) is 2.85. The Morgan fingerprint density at radius 2 is 1.94 bits per heavy atom. The molecule has 0 spiro atoms. The molecule has 0 amide bonds. The van der Waals surface area contributed by atoms with Crippen LogP contribution in [0.15, 0.2) is 18.2 Å². The average molecular weight is 287 g/mol. The smallest absolute Gasteiger partial charge is 0.0595 e. The van der Waals surface area contributed by atoms with Crippen LogP contribution in [0, 0.1) is 5.92 Å². The van der Waals surface area contributed by atoms with Crippen LogP contribution in [0.1, 0.15) is 18.4 Å². The molecule has 0 bridgehead atoms. The Morgan fingerprint density at radius 1 is 1.22 bits per heavy atom. The summed E-state index contributed by atoms with van der Waals surface area (Å²) < 4.78 is 0. The van der Waals surface area contributed by atoms with Crippen molar-refractivity contribution in [1.82, 2.24) is 10.2 Å². The van der Waals surface area contributed by atoms with Gasteiger partial charge in [0.15, 0.2) is 0 Å². The van der Waals surface area contributed by atoms with Gasteiger partial charge in [-0.15, -0.1) is 0 Å². The highest BCUT2D eigenvalue weighted by atomic mass is 35.5. The number of hydrogen-bond acceptors (Lipinski definition) is 2. The van der Waals surface area contributed by atoms with Crippen molar-refractivity contribution in [2.45, 2.75) is 19.4 Å². The van der Waals surface area contributed by atoms with E-state index in [1.54, 1.807) is 0 Å². The van der Waals surface area contributed by atoms with Crippen LogP contribution in [-0.2, 0) is 6.54 Å². The predicted octanol–water partition coefficient (Wildman–Crippen LogP) is 3.42. The molecule has 1 heterocycles. The molecule has 0 radical (unpaired) electrons. The van der Waals surface area contributed by atoms with Gasteiger partial charge in [0.2, 0.25) is 0 Å². The molecule has 0 atom stereocenters. The molecule has 18 heavy (non-hydrogen) atoms. The second-order valence-corrected chi connectivity index (χ2v) is 5.84. The Hall–Kier alpha value is -0.280. The largest absolute Gasteiger partial charge is 0.319 e. The molecule has 2 rings (SSSR count). The molecule has 1 aliphatic rings. The summed E-state index contributed by atoms with van der Waals surface area (Å²) in [6, 6.07) is 5.92. The van der Waals surface area contributed by atoms with Crippen molar-refractivity contribution >= 4 is 23.2 Å². The SMILES string of the molecule is CNCC1CCN(Cc2ccc(Cl)c(Cl)c2)CC1. The van der Waals surface area contributed by atoms with Crippen molar-refractivity contribution in [2.75, 3.05) is 26.7 Å². The number of nitrogens with one attached hydrogen (secondary N) is 1. The Balaban J connectivity index is 1.85. The average Bonchev–Trinajstić information content (AvgIpc) is 2.37. The summed E-state index contributed by atoms with van der Waals surface area (Å²) in [6.07, 6.45) is 2.56. The van der Waals surface area contributed by atoms with Crippen molar-refractivity contribution in [2.24, 2.45) is 5.92 Å². The summed E-state index contributed by atoms with van der Waals surface area (Å²) in [6.45, 7) is 4.46. The molecular weight excluding hydrogens is 267 g/mol. The highest BCUT2D eigenvalue weighted by molar-refractivity contribution is 6.42. The van der Waals surface area contributed by atoms with Crippen LogP contribution in [0.3, 0.4) is 0 Å². The van der Waals surface area contributed by atoms with E-state index in [0.717, 1.165) is 19.0 Å². The standard InChI is InChI=1S/C14H20Cl2N2/c1-17-9-11-4-6-18(7-5-11)10-12-2-3-13(15)14(16)8-12/h2-3,8,11,17H,4-7,9-10H2,1H3. The maximum Gasteiger partial charge on any atom is 0.0595 e. The number of piperidine rings is 1. The molecule has 1 N–H and O–H groups in total. The number of halogens is 2. The zero-order chi connectivity index (χ0) is 13.0. The van der Waals surface area contributed by atoms with Gasteiger partial charge in [-0.2, -0.15) is 0 Å². The molecule has 0 saturated carbocycles. The van der Waals surface area contributed by atoms with E-state index in [-0.39, 0.29) is 0 Å². The lowest BCUT2D eigenvalue weighted by Gasteiger charge is -2.31. The summed E-state index contributed by atoms with van der Waals surface area (Å²) in [5.74, 6) is 0.833. The minimum atomic E-state index is 0.633. The Morgan fingerprint density at radius 3 is 2.56 bits per heavy atom. The van der Waals surface area contributed by atoms with Gasteiger partial charge in [0, 0.05) is 6.54 Å². The first kappa shape index (κ1) is 14.1. The summed E-state index contributed by atoms with van der Waals surface area (Å²) >= 11 is 12.0. The van der Waals surface area contributed by atoms with E-state index in [0.29, 0.717) is 10.0 Å². The van der Waals surface area contributed by atoms with Crippen LogP contribution < -0.4 is 5.32 Å². The Labute approximate surface area is 119 Å². The highest BCUT2D eigenvalue weighted by Gasteiger charge is 2.18. The molecule has 1 aromatic rings. The summed E-state index contributed by atoms with van der Waals surface area (Å²) in [5, 5.41) is 4.55. The topological polar surface area (TPSA) is 15.3 Å². The molecule has 1 fully saturated rings. The van der Waals surface area contributed by atoms with Crippen molar-refractivity contribution in [3.8, 4) is 0 Å². The zero-order valence-corrected chi connectivity index (χ0v) is 12.3. The number of benzene rings is 1. The Kier molecular flexibility index (Phi) is 5.31. The van der Waals surface area contributed by atoms with Gasteiger partial charge in [-0.25, -0.2) is 0 Å². The van der Waals surface area contributed by atoms with E-state index >= 15 is 0 Å². The number of likely N-dealkylation sites (tertiary alicyclic amines) is 1. The fourth-order valence-electron chi connectivity index (χ4n) is 2.53. The first-order valence-electron chi connectivity index (χ1n) is 6.50. The van der Waals surface area contributed by atoms with Crippen LogP contribution in [0.25, 0.3) is 0 Å². The van der Waals surface area contributed by atoms with Crippen LogP contribution in [0.4, 0.5) is 0 Å². The van der Waals surface area contributed by atoms with Gasteiger partial charge in [-0.05, 0) is 63.1 Å². The van der Waals surface area contributed by atoms with E-state index in [1.165, 1.54) is 31.5 Å². The van der Waals surface area contributed by atoms with Crippen LogP contribution in [-0.4, -0.2) is 31.6 Å². The second-order valence-electron chi connectivity index (χ2n) is 5.03. The lowest BCUT2D eigenvalue weighted by Crippen LogP contribution is -2.36. The van der Waals surface area contributed by atoms with Gasteiger partial charge in [-0.3, -0.25) is 4.90 Å². The van der Waals surface area contributed by atoms with Crippen LogP contribution in [0.2, 0.25) is 10.0 Å². The monoisotopic (exact) mass is 286 g/mol. The van der Waals surface area contributed by atoms with Crippen molar-refractivity contribution < 1.29 is 0 Å². The molecule has 1 saturated heterocycles. The van der Waals surface area contributed by atoms with Gasteiger partial charge >= 0.3 is 0 Å². The molecule has 1 aromatic carbocycles. The minimum absolute atomic E-state index is 0.633. The van der Waals surface area contributed by atoms with E-state index in [4.69, 9.17) is 23.2 Å². The zero-order valence-electron chi connectivity index (χ0n) is 10.8. The molecule has 0 unspecified atom stereocenters. The normalized spacial score (nSPS) is 18.2. The number of rotatable bonds is 4. The van der Waals surface area contributed by atoms with Gasteiger partial charge in [0.25, 0.3) is 0 Å². The Bertz CT molecular complexity index is 387. The quantitative estimate of drug-likeness (QED) is 0.912. The van der Waals surface area contributed by atoms with Crippen molar-refractivity contribution in [1.29, 1.82) is 0 Å². The molecular formula is C14H20Cl2N2. The van der Waals surface area contributed by atoms with Crippen molar-refractivity contribution in [3.63, 3.8) is 0 Å². The van der Waals surface area contributed by atoms with Gasteiger partial charge in [0.05, 0.1) is 10.0 Å². The first-order chi connectivity index (χ1) is 8.69. The third-order valence-electron chi connectivity index (χ3n) is 3.59. The molecule has 1 aliphatic heterocycles. The number of hydrogen-bond donors (Lipinski definition) is 1. The molecule has 0 aromatic heterocycles. The predicted molar refractivity (Wildman–Crippen MR) is 78.4 cm³/mol. The maximum atomic E-state index is 6.04. The van der Waals surface area contributed by atoms with Gasteiger partial charge < -0.3 is 5.32 Å². The lowest BCUT2D eigenvalue weighted by atomic mass is 9.96. The lowest BCUT2D eigenvalue weighted by molar-refractivity contribution is 0.177. The minimum Gasteiger partial charge on any atom is -0.319 e. The second kappa shape index (κ2) is 6.76. The summed E-state index contributed by atoms with van der Waals surface area (Å²) in [4.78, 5) is 2.49. The van der Waals surface area contributed by atoms with Crippen LogP contribution in [0.5, 0.6) is 0 Å². The van der Waals surface area contributed by atoms with E-state index in [9.17, 15) is 0 Å². The molecule has 2 nitrogen and oxygen atoms in total. The van der Waals surface area contributed by atoms with Crippen LogP contribution >= 0.6 is 23.2 Å². The molecule has 4 heteroatoms. The van der Waals surface area contributed by atoms with E-state index in [2.05, 4.69) is 16.3 Å². The first-order valence-corrected chi connectivity index (χ1v) is 7.25. The highest BCUT2D eigenvalue weighted by Crippen LogP contribution is 2.24. The third kappa shape index (κ3) is 3.86. The van der Waals surface area contributed by atoms with Crippen molar-refractivity contribution in [3.05, 3.63) is 33.8 Å². The van der Waals surface area contributed by atoms with E-state index in [1.807, 2.05) is 19.2 Å². The third-order valence-corrected chi connectivity index (χ3v) is 4.33. The molecule has 0 aliphatic carbocycles. The number of nitrogens with zero attached hydrogens (tertiary/aromatic N) is 1. The van der Waals surface area contributed by atoms with Gasteiger partial charge in [0.1, 0.15) is 0 Å². The maximum absolute atomic E-state index is 6.04. The summed E-state index contributed by atoms with van der Waals surface area (Å²) in [7, 11) is 2.03. The fraction of sp³-hybridized carbons (Fsp3) is 0.571. The summed E-state index contributed by atoms with van der Waals surface area (Å²) in [5.41, 5.74) is 1.25. The van der Waals surface area contributed by atoms with E-state index < -0.39 is 0 Å².